The van der Waals surface area contributed by atoms with Crippen LogP contribution in [-0.4, -0.2) is 18.7 Å². The quantitative estimate of drug-likeness (QED) is 0.198. The van der Waals surface area contributed by atoms with Crippen LogP contribution in [-0.2, 0) is 0 Å². The maximum Gasteiger partial charge on any atom is 0.271 e. The van der Waals surface area contributed by atoms with Crippen LogP contribution in [0.1, 0.15) is 67.8 Å². The number of hydrogen-bond donors (Lipinski definition) is 2. The summed E-state index contributed by atoms with van der Waals surface area (Å²) in [4.78, 5) is 12.0. The zero-order chi connectivity index (χ0) is 20.9. The molecule has 0 radical (unpaired) electrons. The molecule has 0 saturated heterocycles. The summed E-state index contributed by atoms with van der Waals surface area (Å²) in [5.74, 6) is 0.364. The van der Waals surface area contributed by atoms with Crippen molar-refractivity contribution in [3.05, 3.63) is 58.6 Å². The normalized spacial score (nSPS) is 11.0. The number of unbranched alkanes of at least 4 members (excludes halogenated alkanes) is 6. The highest BCUT2D eigenvalue weighted by molar-refractivity contribution is 6.32. The van der Waals surface area contributed by atoms with Crippen molar-refractivity contribution in [1.29, 1.82) is 0 Å². The van der Waals surface area contributed by atoms with Crippen LogP contribution in [0.3, 0.4) is 0 Å². The molecule has 29 heavy (non-hydrogen) atoms. The van der Waals surface area contributed by atoms with E-state index >= 15 is 0 Å². The fourth-order valence-corrected chi connectivity index (χ4v) is 3.06. The second kappa shape index (κ2) is 12.8. The van der Waals surface area contributed by atoms with Crippen LogP contribution in [0.5, 0.6) is 5.75 Å². The number of hydrogen-bond acceptors (Lipinski definition) is 4. The predicted octanol–water partition coefficient (Wildman–Crippen LogP) is 5.82. The van der Waals surface area contributed by atoms with Crippen molar-refractivity contribution in [3.63, 3.8) is 0 Å². The van der Waals surface area contributed by atoms with E-state index in [9.17, 15) is 4.79 Å². The molecule has 1 amide bonds. The second-order valence-corrected chi connectivity index (χ2v) is 7.39. The van der Waals surface area contributed by atoms with Gasteiger partial charge in [0.1, 0.15) is 5.75 Å². The van der Waals surface area contributed by atoms with E-state index < -0.39 is 0 Å². The smallest absolute Gasteiger partial charge is 0.271 e. The Hall–Kier alpha value is -2.53. The number of halogens is 1. The molecule has 0 aliphatic rings. The topological polar surface area (TPSA) is 76.7 Å². The highest BCUT2D eigenvalue weighted by Gasteiger charge is 2.04. The van der Waals surface area contributed by atoms with Gasteiger partial charge in [0.15, 0.2) is 0 Å². The van der Waals surface area contributed by atoms with Crippen molar-refractivity contribution in [2.75, 3.05) is 12.3 Å². The summed E-state index contributed by atoms with van der Waals surface area (Å²) in [7, 11) is 0. The number of nitrogen functional groups attached to an aromatic ring is 1. The maximum atomic E-state index is 12.0. The number of nitrogens with one attached hydrogen (secondary N) is 1. The van der Waals surface area contributed by atoms with Gasteiger partial charge in [0.25, 0.3) is 5.91 Å². The van der Waals surface area contributed by atoms with E-state index in [0.29, 0.717) is 28.6 Å². The molecule has 0 bridgehead atoms. The van der Waals surface area contributed by atoms with Crippen LogP contribution in [0.25, 0.3) is 0 Å². The standard InChI is InChI=1S/C23H30ClN3O2/c1-2-3-4-5-6-7-8-15-29-22-14-9-18(16-21(22)24)17-26-27-23(28)19-10-12-20(25)13-11-19/h9-14,16-17H,2-8,15,25H2,1H3,(H,27,28)/b26-17-. The molecule has 2 rings (SSSR count). The van der Waals surface area contributed by atoms with E-state index in [1.807, 2.05) is 12.1 Å². The van der Waals surface area contributed by atoms with Crippen LogP contribution in [0.15, 0.2) is 47.6 Å². The summed E-state index contributed by atoms with van der Waals surface area (Å²) in [5.41, 5.74) is 9.96. The number of carbonyl (C=O) groups is 1. The molecule has 2 aromatic carbocycles. The van der Waals surface area contributed by atoms with Crippen molar-refractivity contribution in [2.24, 2.45) is 5.10 Å². The SMILES string of the molecule is CCCCCCCCCOc1ccc(/C=N\NC(=O)c2ccc(N)cc2)cc1Cl. The minimum atomic E-state index is -0.304. The Morgan fingerprint density at radius 1 is 1.07 bits per heavy atom. The molecule has 5 nitrogen and oxygen atoms in total. The first kappa shape index (κ1) is 22.8. The van der Waals surface area contributed by atoms with Crippen molar-refractivity contribution in [3.8, 4) is 5.75 Å². The highest BCUT2D eigenvalue weighted by atomic mass is 35.5. The van der Waals surface area contributed by atoms with Gasteiger partial charge in [-0.2, -0.15) is 5.10 Å². The number of carbonyl (C=O) groups excluding carboxylic acids is 1. The number of nitrogens with two attached hydrogens (primary N) is 1. The summed E-state index contributed by atoms with van der Waals surface area (Å²) < 4.78 is 5.77. The molecule has 0 aromatic heterocycles. The lowest BCUT2D eigenvalue weighted by Gasteiger charge is -2.08. The Morgan fingerprint density at radius 2 is 1.76 bits per heavy atom. The molecule has 0 saturated carbocycles. The second-order valence-electron chi connectivity index (χ2n) is 6.98. The summed E-state index contributed by atoms with van der Waals surface area (Å²) in [6, 6.07) is 12.1. The Kier molecular flexibility index (Phi) is 10.1. The van der Waals surface area contributed by atoms with Gasteiger partial charge < -0.3 is 10.5 Å². The number of anilines is 1. The third-order valence-electron chi connectivity index (χ3n) is 4.51. The first-order chi connectivity index (χ1) is 14.1. The van der Waals surface area contributed by atoms with Crippen LogP contribution in [0.4, 0.5) is 5.69 Å². The largest absolute Gasteiger partial charge is 0.492 e. The van der Waals surface area contributed by atoms with Crippen molar-refractivity contribution < 1.29 is 9.53 Å². The van der Waals surface area contributed by atoms with Gasteiger partial charge >= 0.3 is 0 Å². The zero-order valence-corrected chi connectivity index (χ0v) is 17.8. The van der Waals surface area contributed by atoms with Crippen LogP contribution in [0, 0.1) is 0 Å². The molecule has 3 N–H and O–H groups in total. The Morgan fingerprint density at radius 3 is 2.45 bits per heavy atom. The lowest BCUT2D eigenvalue weighted by Crippen LogP contribution is -2.17. The van der Waals surface area contributed by atoms with Gasteiger partial charge in [-0.15, -0.1) is 0 Å². The molecular weight excluding hydrogens is 386 g/mol. The van der Waals surface area contributed by atoms with Crippen LogP contribution < -0.4 is 15.9 Å². The van der Waals surface area contributed by atoms with Gasteiger partial charge in [0, 0.05) is 11.3 Å². The average molecular weight is 416 g/mol. The molecule has 0 heterocycles. The number of rotatable bonds is 12. The van der Waals surface area contributed by atoms with Gasteiger partial charge in [-0.05, 0) is 54.4 Å². The van der Waals surface area contributed by atoms with E-state index in [0.717, 1.165) is 12.0 Å². The van der Waals surface area contributed by atoms with Crippen molar-refractivity contribution in [2.45, 2.75) is 51.9 Å². The number of amides is 1. The number of hydrazone groups is 1. The number of benzene rings is 2. The maximum absolute atomic E-state index is 12.0. The minimum absolute atomic E-state index is 0.304. The Balaban J connectivity index is 1.73. The molecule has 0 aliphatic carbocycles. The number of nitrogens with zero attached hydrogens (tertiary/aromatic N) is 1. The van der Waals surface area contributed by atoms with E-state index in [1.165, 1.54) is 38.5 Å². The minimum Gasteiger partial charge on any atom is -0.492 e. The van der Waals surface area contributed by atoms with Gasteiger partial charge in [-0.3, -0.25) is 4.79 Å². The molecule has 0 spiro atoms. The van der Waals surface area contributed by atoms with E-state index in [1.54, 1.807) is 36.5 Å². The van der Waals surface area contributed by atoms with E-state index in [-0.39, 0.29) is 5.91 Å². The monoisotopic (exact) mass is 415 g/mol. The molecule has 0 fully saturated rings. The summed E-state index contributed by atoms with van der Waals surface area (Å²) >= 11 is 6.29. The third-order valence-corrected chi connectivity index (χ3v) is 4.81. The molecule has 0 unspecified atom stereocenters. The third kappa shape index (κ3) is 8.57. The molecule has 0 aliphatic heterocycles. The lowest BCUT2D eigenvalue weighted by molar-refractivity contribution is 0.0955. The summed E-state index contributed by atoms with van der Waals surface area (Å²) in [6.45, 7) is 2.89. The summed E-state index contributed by atoms with van der Waals surface area (Å²) in [5, 5.41) is 4.50. The first-order valence-corrected chi connectivity index (χ1v) is 10.6. The zero-order valence-electron chi connectivity index (χ0n) is 17.0. The van der Waals surface area contributed by atoms with Crippen LogP contribution >= 0.6 is 11.6 Å². The molecule has 0 atom stereocenters. The van der Waals surface area contributed by atoms with Crippen molar-refractivity contribution >= 4 is 29.4 Å². The highest BCUT2D eigenvalue weighted by Crippen LogP contribution is 2.25. The molecular formula is C23H30ClN3O2. The first-order valence-electron chi connectivity index (χ1n) is 10.2. The molecule has 156 valence electrons. The average Bonchev–Trinajstić information content (AvgIpc) is 2.71. The lowest BCUT2D eigenvalue weighted by atomic mass is 10.1. The number of ether oxygens (including phenoxy) is 1. The van der Waals surface area contributed by atoms with E-state index in [2.05, 4.69) is 17.5 Å². The van der Waals surface area contributed by atoms with Gasteiger partial charge in [-0.25, -0.2) is 5.43 Å². The van der Waals surface area contributed by atoms with Gasteiger partial charge in [0.05, 0.1) is 17.8 Å². The van der Waals surface area contributed by atoms with E-state index in [4.69, 9.17) is 22.1 Å². The predicted molar refractivity (Wildman–Crippen MR) is 121 cm³/mol. The fraction of sp³-hybridized carbons (Fsp3) is 0.391. The fourth-order valence-electron chi connectivity index (χ4n) is 2.82. The summed E-state index contributed by atoms with van der Waals surface area (Å²) in [6.07, 6.45) is 10.2. The molecule has 6 heteroatoms. The Labute approximate surface area is 178 Å². The Bertz CT molecular complexity index is 791. The van der Waals surface area contributed by atoms with Crippen LogP contribution in [0.2, 0.25) is 5.02 Å². The molecule has 2 aromatic rings. The van der Waals surface area contributed by atoms with Crippen molar-refractivity contribution in [1.82, 2.24) is 5.43 Å². The van der Waals surface area contributed by atoms with Gasteiger partial charge in [0.2, 0.25) is 0 Å². The van der Waals surface area contributed by atoms with Gasteiger partial charge in [-0.1, -0.05) is 57.0 Å².